The first-order valence-corrected chi connectivity index (χ1v) is 7.53. The van der Waals surface area contributed by atoms with Crippen LogP contribution in [0.1, 0.15) is 29.5 Å². The summed E-state index contributed by atoms with van der Waals surface area (Å²) in [7, 11) is 0. The summed E-state index contributed by atoms with van der Waals surface area (Å²) >= 11 is 0. The minimum atomic E-state index is -0.991. The maximum atomic E-state index is 13.7. The Balaban J connectivity index is 2.20. The maximum Gasteiger partial charge on any atom is 0.131 e. The Labute approximate surface area is 137 Å². The van der Waals surface area contributed by atoms with Crippen LogP contribution in [0, 0.1) is 5.82 Å². The van der Waals surface area contributed by atoms with Crippen LogP contribution >= 0.6 is 0 Å². The Morgan fingerprint density at radius 2 is 1.96 bits per heavy atom. The van der Waals surface area contributed by atoms with Crippen molar-refractivity contribution in [3.63, 3.8) is 0 Å². The Morgan fingerprint density at radius 1 is 1.21 bits per heavy atom. The topological polar surface area (TPSA) is 98.5 Å². The third-order valence-electron chi connectivity index (χ3n) is 4.12. The van der Waals surface area contributed by atoms with E-state index in [1.54, 1.807) is 12.1 Å². The second-order valence-electron chi connectivity index (χ2n) is 5.65. The third kappa shape index (κ3) is 3.05. The quantitative estimate of drug-likeness (QED) is 0.507. The van der Waals surface area contributed by atoms with E-state index in [0.717, 1.165) is 5.56 Å². The van der Waals surface area contributed by atoms with Gasteiger partial charge in [0.2, 0.25) is 0 Å². The number of rotatable bonds is 4. The van der Waals surface area contributed by atoms with Crippen molar-refractivity contribution < 1.29 is 19.3 Å². The number of aliphatic hydroxyl groups is 2. The van der Waals surface area contributed by atoms with Crippen molar-refractivity contribution in [1.29, 1.82) is 0 Å². The summed E-state index contributed by atoms with van der Waals surface area (Å²) < 4.78 is 19.6. The summed E-state index contributed by atoms with van der Waals surface area (Å²) in [6.45, 7) is -0.418. The van der Waals surface area contributed by atoms with E-state index in [1.807, 2.05) is 12.1 Å². The molecule has 24 heavy (non-hydrogen) atoms. The van der Waals surface area contributed by atoms with Crippen LogP contribution in [-0.4, -0.2) is 22.9 Å². The molecule has 2 N–H and O–H groups in total. The maximum absolute atomic E-state index is 13.7. The minimum Gasteiger partial charge on any atom is -0.457 e. The molecule has 0 unspecified atom stereocenters. The zero-order valence-electron chi connectivity index (χ0n) is 12.7. The van der Waals surface area contributed by atoms with Gasteiger partial charge in [-0.15, -0.1) is 0 Å². The van der Waals surface area contributed by atoms with E-state index in [0.29, 0.717) is 17.1 Å². The third-order valence-corrected chi connectivity index (χ3v) is 4.12. The molecule has 0 radical (unpaired) electrons. The predicted molar refractivity (Wildman–Crippen MR) is 85.3 cm³/mol. The molecule has 3 rings (SSSR count). The van der Waals surface area contributed by atoms with Crippen LogP contribution in [0.4, 0.5) is 4.39 Å². The molecule has 0 spiro atoms. The lowest BCUT2D eigenvalue weighted by Gasteiger charge is -2.24. The van der Waals surface area contributed by atoms with E-state index in [2.05, 4.69) is 10.0 Å². The van der Waals surface area contributed by atoms with Gasteiger partial charge in [-0.05, 0) is 41.8 Å². The van der Waals surface area contributed by atoms with Gasteiger partial charge in [-0.1, -0.05) is 23.3 Å². The molecule has 124 valence electrons. The average Bonchev–Trinajstić information content (AvgIpc) is 2.71. The molecule has 0 aliphatic carbocycles. The van der Waals surface area contributed by atoms with Gasteiger partial charge in [0.15, 0.2) is 0 Å². The SMILES string of the molecule is [N-]=[N+]=N[C@@H]1c2cc(F)ccc2Oc2ccccc2[C@H]1C[C@@H](O)CO. The van der Waals surface area contributed by atoms with Crippen LogP contribution in [0.25, 0.3) is 10.4 Å². The molecule has 7 heteroatoms. The minimum absolute atomic E-state index is 0.149. The lowest BCUT2D eigenvalue weighted by atomic mass is 9.83. The number of hydrogen-bond donors (Lipinski definition) is 2. The standard InChI is InChI=1S/C17H16FN3O3/c18-10-5-6-16-14(7-10)17(20-21-19)13(8-11(23)9-22)12-3-1-2-4-15(12)24-16/h1-7,11,13,17,22-23H,8-9H2/t11-,13-,17+/m1/s1. The molecule has 0 bridgehead atoms. The van der Waals surface area contributed by atoms with Crippen LogP contribution in [0.15, 0.2) is 47.6 Å². The fraction of sp³-hybridized carbons (Fsp3) is 0.294. The molecular weight excluding hydrogens is 313 g/mol. The summed E-state index contributed by atoms with van der Waals surface area (Å²) in [5.41, 5.74) is 10.1. The molecule has 2 aromatic rings. The molecule has 0 fully saturated rings. The van der Waals surface area contributed by atoms with Crippen molar-refractivity contribution in [2.24, 2.45) is 5.11 Å². The van der Waals surface area contributed by atoms with Crippen molar-refractivity contribution in [2.75, 3.05) is 6.61 Å². The van der Waals surface area contributed by atoms with E-state index in [-0.39, 0.29) is 6.42 Å². The summed E-state index contributed by atoms with van der Waals surface area (Å²) in [4.78, 5) is 2.89. The molecular formula is C17H16FN3O3. The van der Waals surface area contributed by atoms with Crippen LogP contribution in [0.3, 0.4) is 0 Å². The van der Waals surface area contributed by atoms with Gasteiger partial charge >= 0.3 is 0 Å². The summed E-state index contributed by atoms with van der Waals surface area (Å²) in [6, 6.07) is 10.5. The highest BCUT2D eigenvalue weighted by molar-refractivity contribution is 5.49. The van der Waals surface area contributed by atoms with E-state index >= 15 is 0 Å². The molecule has 0 saturated carbocycles. The Morgan fingerprint density at radius 3 is 2.71 bits per heavy atom. The normalized spacial score (nSPS) is 20.0. The smallest absolute Gasteiger partial charge is 0.131 e. The molecule has 2 aromatic carbocycles. The van der Waals surface area contributed by atoms with E-state index < -0.39 is 30.5 Å². The number of aliphatic hydroxyl groups excluding tert-OH is 2. The zero-order chi connectivity index (χ0) is 17.1. The zero-order valence-corrected chi connectivity index (χ0v) is 12.7. The second kappa shape index (κ2) is 6.88. The number of ether oxygens (including phenoxy) is 1. The Hall–Kier alpha value is -2.60. The first-order chi connectivity index (χ1) is 11.6. The Bertz CT molecular complexity index is 792. The number of fused-ring (bicyclic) bond motifs is 2. The van der Waals surface area contributed by atoms with Crippen LogP contribution in [-0.2, 0) is 0 Å². The molecule has 0 saturated heterocycles. The van der Waals surface area contributed by atoms with Gasteiger partial charge in [-0.25, -0.2) is 4.39 Å². The van der Waals surface area contributed by atoms with E-state index in [4.69, 9.17) is 10.3 Å². The Kier molecular flexibility index (Phi) is 4.66. The van der Waals surface area contributed by atoms with Gasteiger partial charge in [0, 0.05) is 16.4 Å². The summed E-state index contributed by atoms with van der Waals surface area (Å²) in [5.74, 6) is 0.0311. The average molecular weight is 329 g/mol. The van der Waals surface area contributed by atoms with Crippen LogP contribution in [0.5, 0.6) is 11.5 Å². The van der Waals surface area contributed by atoms with E-state index in [1.165, 1.54) is 18.2 Å². The number of hydrogen-bond acceptors (Lipinski definition) is 4. The van der Waals surface area contributed by atoms with Crippen molar-refractivity contribution in [3.05, 3.63) is 69.9 Å². The highest BCUT2D eigenvalue weighted by Crippen LogP contribution is 2.48. The highest BCUT2D eigenvalue weighted by atomic mass is 19.1. The lowest BCUT2D eigenvalue weighted by molar-refractivity contribution is 0.0797. The fourth-order valence-electron chi connectivity index (χ4n) is 3.05. The van der Waals surface area contributed by atoms with Gasteiger partial charge in [0.05, 0.1) is 18.8 Å². The molecule has 6 nitrogen and oxygen atoms in total. The van der Waals surface area contributed by atoms with Crippen LogP contribution in [0.2, 0.25) is 0 Å². The summed E-state index contributed by atoms with van der Waals surface area (Å²) in [5, 5.41) is 22.9. The van der Waals surface area contributed by atoms with Gasteiger partial charge in [0.1, 0.15) is 17.3 Å². The van der Waals surface area contributed by atoms with Gasteiger partial charge in [-0.3, -0.25) is 0 Å². The van der Waals surface area contributed by atoms with Gasteiger partial charge in [-0.2, -0.15) is 0 Å². The monoisotopic (exact) mass is 329 g/mol. The van der Waals surface area contributed by atoms with Crippen molar-refractivity contribution >= 4 is 0 Å². The molecule has 1 aliphatic rings. The highest BCUT2D eigenvalue weighted by Gasteiger charge is 2.33. The van der Waals surface area contributed by atoms with Crippen LogP contribution < -0.4 is 4.74 Å². The molecule has 3 atom stereocenters. The largest absolute Gasteiger partial charge is 0.457 e. The lowest BCUT2D eigenvalue weighted by Crippen LogP contribution is -2.19. The first-order valence-electron chi connectivity index (χ1n) is 7.53. The number of benzene rings is 2. The number of halogens is 1. The van der Waals surface area contributed by atoms with Crippen molar-refractivity contribution in [1.82, 2.24) is 0 Å². The predicted octanol–water partition coefficient (Wildman–Crippen LogP) is 3.81. The van der Waals surface area contributed by atoms with Gasteiger partial charge < -0.3 is 14.9 Å². The van der Waals surface area contributed by atoms with E-state index in [9.17, 15) is 14.6 Å². The molecule has 1 heterocycles. The fourth-order valence-corrected chi connectivity index (χ4v) is 3.05. The number of azide groups is 1. The van der Waals surface area contributed by atoms with Gasteiger partial charge in [0.25, 0.3) is 0 Å². The second-order valence-corrected chi connectivity index (χ2v) is 5.65. The molecule has 0 amide bonds. The first kappa shape index (κ1) is 16.3. The van der Waals surface area contributed by atoms with Crippen molar-refractivity contribution in [2.45, 2.75) is 24.5 Å². The summed E-state index contributed by atoms with van der Waals surface area (Å²) in [6.07, 6.45) is -0.842. The number of nitrogens with zero attached hydrogens (tertiary/aromatic N) is 3. The number of para-hydroxylation sites is 1. The molecule has 1 aliphatic heterocycles. The van der Waals surface area contributed by atoms with Crippen molar-refractivity contribution in [3.8, 4) is 11.5 Å². The molecule has 0 aromatic heterocycles.